The molecular weight excluding hydrogens is 298 g/mol. The van der Waals surface area contributed by atoms with Gasteiger partial charge in [0.25, 0.3) is 0 Å². The molecular formula is C21H27NO2. The van der Waals surface area contributed by atoms with Crippen molar-refractivity contribution in [3.63, 3.8) is 0 Å². The third-order valence-corrected chi connectivity index (χ3v) is 4.69. The van der Waals surface area contributed by atoms with Crippen molar-refractivity contribution in [3.05, 3.63) is 60.2 Å². The minimum absolute atomic E-state index is 0.0603. The molecule has 0 saturated carbocycles. The van der Waals surface area contributed by atoms with Crippen LogP contribution in [-0.2, 0) is 0 Å². The smallest absolute Gasteiger partial charge is 0.120 e. The number of para-hydroxylation sites is 1. The third kappa shape index (κ3) is 4.75. The highest BCUT2D eigenvalue weighted by Gasteiger charge is 2.31. The summed E-state index contributed by atoms with van der Waals surface area (Å²) < 4.78 is 12.1. The lowest BCUT2D eigenvalue weighted by Crippen LogP contribution is -2.47. The number of likely N-dealkylation sites (tertiary alicyclic amines) is 1. The summed E-state index contributed by atoms with van der Waals surface area (Å²) >= 11 is 0. The number of ether oxygens (including phenoxy) is 2. The van der Waals surface area contributed by atoms with E-state index in [2.05, 4.69) is 30.9 Å². The SMILES string of the molecule is Cc1cccc(OCCN2CCC(C)(Oc3ccccc3)CC2)c1. The molecule has 0 aromatic heterocycles. The largest absolute Gasteiger partial charge is 0.492 e. The molecule has 0 atom stereocenters. The molecule has 3 heteroatoms. The molecule has 3 nitrogen and oxygen atoms in total. The van der Waals surface area contributed by atoms with E-state index in [9.17, 15) is 0 Å². The lowest BCUT2D eigenvalue weighted by molar-refractivity contribution is 0.0135. The second-order valence-corrected chi connectivity index (χ2v) is 6.87. The molecule has 1 heterocycles. The highest BCUT2D eigenvalue weighted by molar-refractivity contribution is 5.27. The van der Waals surface area contributed by atoms with Crippen LogP contribution in [0.25, 0.3) is 0 Å². The average molecular weight is 325 g/mol. The molecule has 0 N–H and O–H groups in total. The van der Waals surface area contributed by atoms with E-state index in [0.29, 0.717) is 0 Å². The van der Waals surface area contributed by atoms with E-state index in [1.165, 1.54) is 5.56 Å². The van der Waals surface area contributed by atoms with Gasteiger partial charge >= 0.3 is 0 Å². The molecule has 0 aliphatic carbocycles. The van der Waals surface area contributed by atoms with Crippen LogP contribution in [0.15, 0.2) is 54.6 Å². The van der Waals surface area contributed by atoms with Gasteiger partial charge in [-0.25, -0.2) is 0 Å². The minimum atomic E-state index is -0.0603. The van der Waals surface area contributed by atoms with Crippen molar-refractivity contribution < 1.29 is 9.47 Å². The molecule has 1 fully saturated rings. The van der Waals surface area contributed by atoms with Gasteiger partial charge in [0, 0.05) is 19.6 Å². The molecule has 0 bridgehead atoms. The van der Waals surface area contributed by atoms with E-state index in [1.54, 1.807) is 0 Å². The number of benzene rings is 2. The Balaban J connectivity index is 1.42. The van der Waals surface area contributed by atoms with Gasteiger partial charge in [0.05, 0.1) is 0 Å². The number of piperidine rings is 1. The molecule has 0 radical (unpaired) electrons. The summed E-state index contributed by atoms with van der Waals surface area (Å²) in [7, 11) is 0. The molecule has 1 saturated heterocycles. The molecule has 24 heavy (non-hydrogen) atoms. The fourth-order valence-electron chi connectivity index (χ4n) is 3.12. The normalized spacial score (nSPS) is 17.4. The summed E-state index contributed by atoms with van der Waals surface area (Å²) in [5.74, 6) is 1.93. The van der Waals surface area contributed by atoms with E-state index in [-0.39, 0.29) is 5.60 Å². The molecule has 2 aromatic rings. The lowest BCUT2D eigenvalue weighted by atomic mass is 9.93. The van der Waals surface area contributed by atoms with Crippen LogP contribution in [0.5, 0.6) is 11.5 Å². The Hall–Kier alpha value is -2.00. The lowest BCUT2D eigenvalue weighted by Gasteiger charge is -2.39. The predicted molar refractivity (Wildman–Crippen MR) is 97.8 cm³/mol. The first-order valence-corrected chi connectivity index (χ1v) is 8.79. The Labute approximate surface area is 145 Å². The summed E-state index contributed by atoms with van der Waals surface area (Å²) in [6, 6.07) is 18.4. The summed E-state index contributed by atoms with van der Waals surface area (Å²) in [6.45, 7) is 8.13. The summed E-state index contributed by atoms with van der Waals surface area (Å²) in [5.41, 5.74) is 1.18. The fourth-order valence-corrected chi connectivity index (χ4v) is 3.12. The average Bonchev–Trinajstić information content (AvgIpc) is 2.58. The summed E-state index contributed by atoms with van der Waals surface area (Å²) in [4.78, 5) is 2.46. The van der Waals surface area contributed by atoms with Crippen molar-refractivity contribution in [1.82, 2.24) is 4.90 Å². The van der Waals surface area contributed by atoms with E-state index in [4.69, 9.17) is 9.47 Å². The quantitative estimate of drug-likeness (QED) is 0.790. The number of rotatable bonds is 6. The predicted octanol–water partition coefficient (Wildman–Crippen LogP) is 4.31. The number of nitrogens with zero attached hydrogens (tertiary/aromatic N) is 1. The Kier molecular flexibility index (Phi) is 5.41. The van der Waals surface area contributed by atoms with Crippen molar-refractivity contribution >= 4 is 0 Å². The van der Waals surface area contributed by atoms with E-state index in [1.807, 2.05) is 42.5 Å². The Bertz CT molecular complexity index is 633. The van der Waals surface area contributed by atoms with E-state index >= 15 is 0 Å². The number of hydrogen-bond donors (Lipinski definition) is 0. The molecule has 2 aromatic carbocycles. The van der Waals surface area contributed by atoms with Gasteiger partial charge in [0.2, 0.25) is 0 Å². The maximum absolute atomic E-state index is 6.22. The van der Waals surface area contributed by atoms with E-state index in [0.717, 1.165) is 50.6 Å². The zero-order chi connectivity index (χ0) is 16.8. The topological polar surface area (TPSA) is 21.7 Å². The number of hydrogen-bond acceptors (Lipinski definition) is 3. The van der Waals surface area contributed by atoms with Crippen molar-refractivity contribution in [1.29, 1.82) is 0 Å². The second kappa shape index (κ2) is 7.71. The van der Waals surface area contributed by atoms with Crippen LogP contribution in [0.1, 0.15) is 25.3 Å². The minimum Gasteiger partial charge on any atom is -0.492 e. The van der Waals surface area contributed by atoms with Crippen molar-refractivity contribution in [2.45, 2.75) is 32.3 Å². The van der Waals surface area contributed by atoms with Crippen LogP contribution in [-0.4, -0.2) is 36.7 Å². The van der Waals surface area contributed by atoms with Crippen LogP contribution in [0.3, 0.4) is 0 Å². The Morgan fingerprint density at radius 3 is 2.38 bits per heavy atom. The van der Waals surface area contributed by atoms with Gasteiger partial charge in [-0.2, -0.15) is 0 Å². The molecule has 1 aliphatic rings. The maximum atomic E-state index is 6.22. The van der Waals surface area contributed by atoms with Crippen LogP contribution < -0.4 is 9.47 Å². The van der Waals surface area contributed by atoms with E-state index < -0.39 is 0 Å². The maximum Gasteiger partial charge on any atom is 0.120 e. The standard InChI is InChI=1S/C21H27NO2/c1-18-7-6-10-20(17-18)23-16-15-22-13-11-21(2,12-14-22)24-19-8-4-3-5-9-19/h3-10,17H,11-16H2,1-2H3. The van der Waals surface area contributed by atoms with Gasteiger partial charge in [-0.15, -0.1) is 0 Å². The van der Waals surface area contributed by atoms with Crippen LogP contribution in [0.2, 0.25) is 0 Å². The first-order chi connectivity index (χ1) is 11.6. The van der Waals surface area contributed by atoms with Gasteiger partial charge in [0.15, 0.2) is 0 Å². The second-order valence-electron chi connectivity index (χ2n) is 6.87. The first kappa shape index (κ1) is 16.8. The first-order valence-electron chi connectivity index (χ1n) is 8.79. The molecule has 128 valence electrons. The molecule has 0 amide bonds. The zero-order valence-electron chi connectivity index (χ0n) is 14.7. The van der Waals surface area contributed by atoms with Gasteiger partial charge in [0.1, 0.15) is 23.7 Å². The summed E-state index contributed by atoms with van der Waals surface area (Å²) in [6.07, 6.45) is 2.10. The Morgan fingerprint density at radius 2 is 1.67 bits per heavy atom. The monoisotopic (exact) mass is 325 g/mol. The summed E-state index contributed by atoms with van der Waals surface area (Å²) in [5, 5.41) is 0. The van der Waals surface area contributed by atoms with Gasteiger partial charge in [-0.3, -0.25) is 4.90 Å². The van der Waals surface area contributed by atoms with Gasteiger partial charge in [-0.05, 0) is 56.5 Å². The van der Waals surface area contributed by atoms with Crippen molar-refractivity contribution in [2.24, 2.45) is 0 Å². The fraction of sp³-hybridized carbons (Fsp3) is 0.429. The third-order valence-electron chi connectivity index (χ3n) is 4.69. The highest BCUT2D eigenvalue weighted by Crippen LogP contribution is 2.28. The van der Waals surface area contributed by atoms with Gasteiger partial charge < -0.3 is 9.47 Å². The highest BCUT2D eigenvalue weighted by atomic mass is 16.5. The van der Waals surface area contributed by atoms with Crippen LogP contribution in [0, 0.1) is 6.92 Å². The molecule has 0 spiro atoms. The molecule has 0 unspecified atom stereocenters. The van der Waals surface area contributed by atoms with Crippen LogP contribution in [0.4, 0.5) is 0 Å². The number of aryl methyl sites for hydroxylation is 1. The molecule has 1 aliphatic heterocycles. The van der Waals surface area contributed by atoms with Crippen molar-refractivity contribution in [3.8, 4) is 11.5 Å². The van der Waals surface area contributed by atoms with Gasteiger partial charge in [-0.1, -0.05) is 30.3 Å². The Morgan fingerprint density at radius 1 is 0.958 bits per heavy atom. The van der Waals surface area contributed by atoms with Crippen LogP contribution >= 0.6 is 0 Å². The van der Waals surface area contributed by atoms with Crippen molar-refractivity contribution in [2.75, 3.05) is 26.2 Å². The zero-order valence-corrected chi connectivity index (χ0v) is 14.7. The molecule has 3 rings (SSSR count).